The summed E-state index contributed by atoms with van der Waals surface area (Å²) in [7, 11) is 3.74. The highest BCUT2D eigenvalue weighted by Gasteiger charge is 2.33. The van der Waals surface area contributed by atoms with Crippen LogP contribution >= 0.6 is 0 Å². The molecule has 0 N–H and O–H groups in total. The number of ether oxygens (including phenoxy) is 1. The average Bonchev–Trinajstić information content (AvgIpc) is 2.68. The maximum atomic E-state index is 12.8. The Morgan fingerprint density at radius 2 is 1.85 bits per heavy atom. The zero-order valence-electron chi connectivity index (χ0n) is 15.8. The van der Waals surface area contributed by atoms with Crippen LogP contribution in [0.5, 0.6) is 5.75 Å². The van der Waals surface area contributed by atoms with Crippen LogP contribution in [0.25, 0.3) is 0 Å². The lowest BCUT2D eigenvalue weighted by Crippen LogP contribution is -2.52. The number of nitrogens with zero attached hydrogens (tertiary/aromatic N) is 3. The van der Waals surface area contributed by atoms with Gasteiger partial charge in [-0.05, 0) is 37.6 Å². The molecule has 3 rings (SSSR count). The minimum absolute atomic E-state index is 0.0491. The number of methoxy groups -OCH3 is 1. The standard InChI is InChI=1S/C20H29N3O3/c1-21-11-13-22(14-12-21)20(25)17-5-8-19(24)23(15-17)10-9-16-3-6-18(26-2)7-4-16/h3-4,6-7,17H,5,8-15H2,1-2H3/t17-/m1/s1. The van der Waals surface area contributed by atoms with E-state index in [2.05, 4.69) is 11.9 Å². The lowest BCUT2D eigenvalue weighted by Gasteiger charge is -2.38. The second-order valence-electron chi connectivity index (χ2n) is 7.30. The van der Waals surface area contributed by atoms with Crippen molar-refractivity contribution in [2.24, 2.45) is 5.92 Å². The molecule has 0 saturated carbocycles. The van der Waals surface area contributed by atoms with E-state index in [1.165, 1.54) is 5.56 Å². The molecule has 0 radical (unpaired) electrons. The second-order valence-corrected chi connectivity index (χ2v) is 7.30. The molecule has 2 amide bonds. The number of rotatable bonds is 5. The van der Waals surface area contributed by atoms with E-state index in [1.807, 2.05) is 34.1 Å². The van der Waals surface area contributed by atoms with Gasteiger partial charge >= 0.3 is 0 Å². The van der Waals surface area contributed by atoms with E-state index in [-0.39, 0.29) is 17.7 Å². The molecule has 0 aliphatic carbocycles. The number of piperidine rings is 1. The zero-order valence-corrected chi connectivity index (χ0v) is 15.8. The van der Waals surface area contributed by atoms with Gasteiger partial charge in [-0.15, -0.1) is 0 Å². The van der Waals surface area contributed by atoms with E-state index < -0.39 is 0 Å². The van der Waals surface area contributed by atoms with Gasteiger partial charge in [0.05, 0.1) is 13.0 Å². The Bertz CT molecular complexity index is 624. The molecule has 142 valence electrons. The highest BCUT2D eigenvalue weighted by molar-refractivity contribution is 5.84. The molecule has 0 aromatic heterocycles. The van der Waals surface area contributed by atoms with Gasteiger partial charge < -0.3 is 19.4 Å². The van der Waals surface area contributed by atoms with Crippen molar-refractivity contribution in [3.05, 3.63) is 29.8 Å². The first-order valence-corrected chi connectivity index (χ1v) is 9.45. The summed E-state index contributed by atoms with van der Waals surface area (Å²) in [5, 5.41) is 0. The molecule has 0 spiro atoms. The Balaban J connectivity index is 1.53. The molecule has 6 heteroatoms. The van der Waals surface area contributed by atoms with Gasteiger partial charge in [-0.25, -0.2) is 0 Å². The maximum absolute atomic E-state index is 12.8. The maximum Gasteiger partial charge on any atom is 0.227 e. The first-order chi connectivity index (χ1) is 12.6. The topological polar surface area (TPSA) is 53.1 Å². The van der Waals surface area contributed by atoms with E-state index in [0.29, 0.717) is 25.9 Å². The third-order valence-electron chi connectivity index (χ3n) is 5.49. The smallest absolute Gasteiger partial charge is 0.227 e. The quantitative estimate of drug-likeness (QED) is 0.794. The first-order valence-electron chi connectivity index (χ1n) is 9.45. The van der Waals surface area contributed by atoms with Crippen molar-refractivity contribution in [2.75, 3.05) is 53.4 Å². The van der Waals surface area contributed by atoms with Gasteiger partial charge in [0.15, 0.2) is 0 Å². The van der Waals surface area contributed by atoms with Crippen LogP contribution in [0.2, 0.25) is 0 Å². The minimum Gasteiger partial charge on any atom is -0.497 e. The average molecular weight is 359 g/mol. The van der Waals surface area contributed by atoms with Crippen LogP contribution in [-0.2, 0) is 16.0 Å². The summed E-state index contributed by atoms with van der Waals surface area (Å²) in [6.45, 7) is 4.67. The number of amides is 2. The van der Waals surface area contributed by atoms with E-state index in [1.54, 1.807) is 7.11 Å². The Labute approximate surface area is 155 Å². The fourth-order valence-electron chi connectivity index (χ4n) is 3.67. The van der Waals surface area contributed by atoms with Crippen molar-refractivity contribution in [1.82, 2.24) is 14.7 Å². The number of hydrogen-bond donors (Lipinski definition) is 0. The molecule has 1 aromatic rings. The van der Waals surface area contributed by atoms with Crippen molar-refractivity contribution in [2.45, 2.75) is 19.3 Å². The lowest BCUT2D eigenvalue weighted by molar-refractivity contribution is -0.144. The van der Waals surface area contributed by atoms with Crippen molar-refractivity contribution in [3.8, 4) is 5.75 Å². The van der Waals surface area contributed by atoms with Gasteiger partial charge in [0.1, 0.15) is 5.75 Å². The van der Waals surface area contributed by atoms with Gasteiger partial charge in [0.2, 0.25) is 11.8 Å². The van der Waals surface area contributed by atoms with Crippen molar-refractivity contribution < 1.29 is 14.3 Å². The van der Waals surface area contributed by atoms with Gasteiger partial charge in [-0.2, -0.15) is 0 Å². The molecule has 2 aliphatic rings. The van der Waals surface area contributed by atoms with Crippen LogP contribution in [0.1, 0.15) is 18.4 Å². The van der Waals surface area contributed by atoms with Crippen molar-refractivity contribution in [3.63, 3.8) is 0 Å². The predicted molar refractivity (Wildman–Crippen MR) is 100 cm³/mol. The Kier molecular flexibility index (Phi) is 6.14. The largest absolute Gasteiger partial charge is 0.497 e. The normalized spacial score (nSPS) is 21.8. The Hall–Kier alpha value is -2.08. The molecule has 1 aromatic carbocycles. The second kappa shape index (κ2) is 8.54. The fourth-order valence-corrected chi connectivity index (χ4v) is 3.67. The van der Waals surface area contributed by atoms with Gasteiger partial charge in [0, 0.05) is 45.7 Å². The highest BCUT2D eigenvalue weighted by atomic mass is 16.5. The number of piperazine rings is 1. The Morgan fingerprint density at radius 3 is 2.50 bits per heavy atom. The summed E-state index contributed by atoms with van der Waals surface area (Å²) >= 11 is 0. The van der Waals surface area contributed by atoms with E-state index in [4.69, 9.17) is 4.74 Å². The van der Waals surface area contributed by atoms with Crippen LogP contribution in [0.4, 0.5) is 0 Å². The van der Waals surface area contributed by atoms with E-state index >= 15 is 0 Å². The SMILES string of the molecule is COc1ccc(CCN2C[C@H](C(=O)N3CCN(C)CC3)CCC2=O)cc1. The summed E-state index contributed by atoms with van der Waals surface area (Å²) in [4.78, 5) is 31.2. The number of carbonyl (C=O) groups is 2. The lowest BCUT2D eigenvalue weighted by atomic mass is 9.95. The molecule has 1 atom stereocenters. The first kappa shape index (κ1) is 18.7. The molecule has 0 unspecified atom stereocenters. The highest BCUT2D eigenvalue weighted by Crippen LogP contribution is 2.21. The third kappa shape index (κ3) is 4.55. The van der Waals surface area contributed by atoms with Crippen molar-refractivity contribution >= 4 is 11.8 Å². The van der Waals surface area contributed by atoms with E-state index in [9.17, 15) is 9.59 Å². The van der Waals surface area contributed by atoms with Crippen LogP contribution in [-0.4, -0.2) is 79.9 Å². The molecule has 2 heterocycles. The molecular weight excluding hydrogens is 330 g/mol. The zero-order chi connectivity index (χ0) is 18.5. The van der Waals surface area contributed by atoms with Crippen LogP contribution in [0, 0.1) is 5.92 Å². The third-order valence-corrected chi connectivity index (χ3v) is 5.49. The number of benzene rings is 1. The molecule has 6 nitrogen and oxygen atoms in total. The van der Waals surface area contributed by atoms with Gasteiger partial charge in [0.25, 0.3) is 0 Å². The number of carbonyl (C=O) groups excluding carboxylic acids is 2. The number of hydrogen-bond acceptors (Lipinski definition) is 4. The number of likely N-dealkylation sites (N-methyl/N-ethyl adjacent to an activating group) is 1. The molecule has 2 aliphatic heterocycles. The molecule has 0 bridgehead atoms. The summed E-state index contributed by atoms with van der Waals surface area (Å²) in [5.74, 6) is 1.17. The summed E-state index contributed by atoms with van der Waals surface area (Å²) in [6, 6.07) is 7.93. The number of likely N-dealkylation sites (tertiary alicyclic amines) is 1. The Morgan fingerprint density at radius 1 is 1.15 bits per heavy atom. The molecule has 2 fully saturated rings. The molecular formula is C20H29N3O3. The summed E-state index contributed by atoms with van der Waals surface area (Å²) < 4.78 is 5.18. The summed E-state index contributed by atoms with van der Waals surface area (Å²) in [6.07, 6.45) is 1.96. The minimum atomic E-state index is -0.0491. The van der Waals surface area contributed by atoms with Crippen LogP contribution < -0.4 is 4.74 Å². The summed E-state index contributed by atoms with van der Waals surface area (Å²) in [5.41, 5.74) is 1.17. The molecule has 2 saturated heterocycles. The predicted octanol–water partition coefficient (Wildman–Crippen LogP) is 1.25. The van der Waals surface area contributed by atoms with Crippen LogP contribution in [0.3, 0.4) is 0 Å². The molecule has 26 heavy (non-hydrogen) atoms. The van der Waals surface area contributed by atoms with E-state index in [0.717, 1.165) is 38.3 Å². The van der Waals surface area contributed by atoms with Crippen molar-refractivity contribution in [1.29, 1.82) is 0 Å². The van der Waals surface area contributed by atoms with Gasteiger partial charge in [-0.3, -0.25) is 9.59 Å². The van der Waals surface area contributed by atoms with Gasteiger partial charge in [-0.1, -0.05) is 12.1 Å². The fraction of sp³-hybridized carbons (Fsp3) is 0.600. The monoisotopic (exact) mass is 359 g/mol. The van der Waals surface area contributed by atoms with Crippen LogP contribution in [0.15, 0.2) is 24.3 Å².